The summed E-state index contributed by atoms with van der Waals surface area (Å²) in [5.74, 6) is 1.16. The monoisotopic (exact) mass is 368 g/mol. The maximum absolute atomic E-state index is 5.79. The van der Waals surface area contributed by atoms with Crippen LogP contribution < -0.4 is 11.1 Å². The minimum Gasteiger partial charge on any atom is -0.370 e. The second-order valence-electron chi connectivity index (χ2n) is 5.30. The van der Waals surface area contributed by atoms with Crippen molar-refractivity contribution in [1.82, 2.24) is 10.2 Å². The van der Waals surface area contributed by atoms with Crippen LogP contribution in [0.2, 0.25) is 0 Å². The van der Waals surface area contributed by atoms with E-state index in [1.54, 1.807) is 0 Å². The minimum absolute atomic E-state index is 0. The predicted molar refractivity (Wildman–Crippen MR) is 89.7 cm³/mol. The molecule has 1 aliphatic heterocycles. The van der Waals surface area contributed by atoms with Crippen molar-refractivity contribution >= 4 is 29.9 Å². The van der Waals surface area contributed by atoms with Gasteiger partial charge in [0.25, 0.3) is 0 Å². The van der Waals surface area contributed by atoms with Crippen molar-refractivity contribution in [3.8, 4) is 0 Å². The predicted octanol–water partition coefficient (Wildman–Crippen LogP) is 2.04. The second-order valence-corrected chi connectivity index (χ2v) is 5.30. The summed E-state index contributed by atoms with van der Waals surface area (Å²) in [6, 6.07) is 0. The molecule has 5 heteroatoms. The smallest absolute Gasteiger partial charge is 0.188 e. The second kappa shape index (κ2) is 10.8. The molecule has 0 atom stereocenters. The Balaban J connectivity index is 0.00000289. The first-order valence-electron chi connectivity index (χ1n) is 6.94. The van der Waals surface area contributed by atoms with E-state index in [-0.39, 0.29) is 24.0 Å². The first kappa shape index (κ1) is 18.0. The molecule has 3 N–H and O–H groups in total. The Morgan fingerprint density at radius 1 is 1.22 bits per heavy atom. The topological polar surface area (TPSA) is 53.6 Å². The van der Waals surface area contributed by atoms with Crippen LogP contribution in [0.5, 0.6) is 0 Å². The summed E-state index contributed by atoms with van der Waals surface area (Å²) in [6.45, 7) is 9.57. The highest BCUT2D eigenvalue weighted by Gasteiger charge is 2.07. The van der Waals surface area contributed by atoms with E-state index in [9.17, 15) is 0 Å². The summed E-state index contributed by atoms with van der Waals surface area (Å²) >= 11 is 0. The zero-order valence-electron chi connectivity index (χ0n) is 11.8. The molecular weight excluding hydrogens is 339 g/mol. The lowest BCUT2D eigenvalue weighted by molar-refractivity contribution is 0.289. The third-order valence-corrected chi connectivity index (χ3v) is 3.06. The highest BCUT2D eigenvalue weighted by molar-refractivity contribution is 14.0. The van der Waals surface area contributed by atoms with E-state index in [0.717, 1.165) is 19.6 Å². The highest BCUT2D eigenvalue weighted by Crippen LogP contribution is 2.08. The molecule has 0 bridgehead atoms. The fraction of sp³-hybridized carbons (Fsp3) is 0.923. The molecule has 4 nitrogen and oxygen atoms in total. The van der Waals surface area contributed by atoms with Crippen LogP contribution in [0.3, 0.4) is 0 Å². The number of likely N-dealkylation sites (tertiary alicyclic amines) is 1. The van der Waals surface area contributed by atoms with Gasteiger partial charge in [-0.25, -0.2) is 0 Å². The van der Waals surface area contributed by atoms with Crippen LogP contribution in [0.15, 0.2) is 4.99 Å². The van der Waals surface area contributed by atoms with Gasteiger partial charge >= 0.3 is 0 Å². The molecule has 0 spiro atoms. The number of nitrogens with one attached hydrogen (secondary N) is 1. The van der Waals surface area contributed by atoms with E-state index in [4.69, 9.17) is 5.73 Å². The van der Waals surface area contributed by atoms with Crippen LogP contribution >= 0.6 is 24.0 Å². The Hall–Kier alpha value is -0.0400. The van der Waals surface area contributed by atoms with E-state index in [2.05, 4.69) is 29.1 Å². The van der Waals surface area contributed by atoms with Crippen molar-refractivity contribution in [3.05, 3.63) is 0 Å². The van der Waals surface area contributed by atoms with Crippen molar-refractivity contribution < 1.29 is 0 Å². The summed E-state index contributed by atoms with van der Waals surface area (Å²) in [5.41, 5.74) is 5.79. The number of rotatable bonds is 5. The Morgan fingerprint density at radius 2 is 1.83 bits per heavy atom. The van der Waals surface area contributed by atoms with E-state index in [0.29, 0.717) is 11.9 Å². The minimum atomic E-state index is 0. The number of nitrogens with zero attached hydrogens (tertiary/aromatic N) is 2. The molecule has 1 aliphatic rings. The molecule has 0 aromatic rings. The molecule has 1 rings (SSSR count). The first-order valence-corrected chi connectivity index (χ1v) is 6.94. The van der Waals surface area contributed by atoms with Crippen LogP contribution in [0.25, 0.3) is 0 Å². The number of halogens is 1. The Bertz CT molecular complexity index is 223. The summed E-state index contributed by atoms with van der Waals surface area (Å²) in [7, 11) is 0. The van der Waals surface area contributed by atoms with Crippen LogP contribution in [0.1, 0.15) is 39.5 Å². The number of aliphatic imine (C=N–C) groups is 1. The largest absolute Gasteiger partial charge is 0.370 e. The van der Waals surface area contributed by atoms with Gasteiger partial charge < -0.3 is 16.0 Å². The quantitative estimate of drug-likeness (QED) is 0.444. The molecule has 0 aromatic heterocycles. The van der Waals surface area contributed by atoms with Crippen LogP contribution in [-0.2, 0) is 0 Å². The number of guanidine groups is 1. The first-order chi connectivity index (χ1) is 8.18. The van der Waals surface area contributed by atoms with E-state index >= 15 is 0 Å². The van der Waals surface area contributed by atoms with Crippen LogP contribution in [-0.4, -0.2) is 43.6 Å². The fourth-order valence-electron chi connectivity index (χ4n) is 2.04. The van der Waals surface area contributed by atoms with Gasteiger partial charge in [-0.1, -0.05) is 26.7 Å². The van der Waals surface area contributed by atoms with Crippen LogP contribution in [0.4, 0.5) is 0 Å². The van der Waals surface area contributed by atoms with Crippen molar-refractivity contribution in [2.24, 2.45) is 16.6 Å². The molecule has 0 aromatic carbocycles. The maximum atomic E-state index is 5.79. The van der Waals surface area contributed by atoms with Crippen molar-refractivity contribution in [2.75, 3.05) is 32.7 Å². The number of nitrogens with two attached hydrogens (primary N) is 1. The lowest BCUT2D eigenvalue weighted by Gasteiger charge is -2.19. The van der Waals surface area contributed by atoms with Gasteiger partial charge in [0, 0.05) is 19.6 Å². The van der Waals surface area contributed by atoms with Crippen molar-refractivity contribution in [2.45, 2.75) is 39.5 Å². The van der Waals surface area contributed by atoms with Gasteiger partial charge in [0.05, 0.1) is 0 Å². The van der Waals surface area contributed by atoms with Gasteiger partial charge in [0.2, 0.25) is 0 Å². The molecule has 0 radical (unpaired) electrons. The molecule has 0 saturated carbocycles. The van der Waals surface area contributed by atoms with E-state index < -0.39 is 0 Å². The van der Waals surface area contributed by atoms with Gasteiger partial charge in [-0.15, -0.1) is 24.0 Å². The van der Waals surface area contributed by atoms with Gasteiger partial charge in [-0.2, -0.15) is 0 Å². The molecule has 1 heterocycles. The zero-order chi connectivity index (χ0) is 12.5. The Kier molecular flexibility index (Phi) is 10.8. The highest BCUT2D eigenvalue weighted by atomic mass is 127. The average molecular weight is 368 g/mol. The Labute approximate surface area is 129 Å². The lowest BCUT2D eigenvalue weighted by atomic mass is 10.2. The summed E-state index contributed by atoms with van der Waals surface area (Å²) < 4.78 is 0. The summed E-state index contributed by atoms with van der Waals surface area (Å²) in [4.78, 5) is 6.81. The zero-order valence-corrected chi connectivity index (χ0v) is 14.2. The Morgan fingerprint density at radius 3 is 2.39 bits per heavy atom. The van der Waals surface area contributed by atoms with Crippen molar-refractivity contribution in [1.29, 1.82) is 0 Å². The van der Waals surface area contributed by atoms with E-state index in [1.807, 2.05) is 0 Å². The lowest BCUT2D eigenvalue weighted by Crippen LogP contribution is -2.39. The fourth-order valence-corrected chi connectivity index (χ4v) is 2.04. The van der Waals surface area contributed by atoms with Gasteiger partial charge in [-0.3, -0.25) is 4.99 Å². The van der Waals surface area contributed by atoms with Crippen LogP contribution in [0, 0.1) is 5.92 Å². The van der Waals surface area contributed by atoms with Crippen molar-refractivity contribution in [3.63, 3.8) is 0 Å². The summed E-state index contributed by atoms with van der Waals surface area (Å²) in [5, 5.41) is 3.19. The molecule has 0 unspecified atom stereocenters. The number of hydrogen-bond acceptors (Lipinski definition) is 2. The maximum Gasteiger partial charge on any atom is 0.188 e. The molecule has 18 heavy (non-hydrogen) atoms. The normalized spacial score (nSPS) is 18.3. The van der Waals surface area contributed by atoms with Gasteiger partial charge in [0.15, 0.2) is 5.96 Å². The SMILES string of the molecule is CC(C)CN=C(N)NCCN1CCCCCC1.I. The molecular formula is C13H29IN4. The molecule has 108 valence electrons. The number of hydrogen-bond donors (Lipinski definition) is 2. The standard InChI is InChI=1S/C13H28N4.HI/c1-12(2)11-16-13(14)15-7-10-17-8-5-3-4-6-9-17;/h12H,3-11H2,1-2H3,(H3,14,15,16);1H. The van der Waals surface area contributed by atoms with Gasteiger partial charge in [-0.05, 0) is 31.8 Å². The molecule has 0 aliphatic carbocycles. The van der Waals surface area contributed by atoms with Gasteiger partial charge in [0.1, 0.15) is 0 Å². The average Bonchev–Trinajstić information content (AvgIpc) is 2.55. The van der Waals surface area contributed by atoms with E-state index in [1.165, 1.54) is 38.8 Å². The molecule has 1 fully saturated rings. The molecule has 0 amide bonds. The third-order valence-electron chi connectivity index (χ3n) is 3.06. The summed E-state index contributed by atoms with van der Waals surface area (Å²) in [6.07, 6.45) is 5.47. The third kappa shape index (κ3) is 8.97. The molecule has 1 saturated heterocycles.